The summed E-state index contributed by atoms with van der Waals surface area (Å²) in [6, 6.07) is 16.3. The van der Waals surface area contributed by atoms with Gasteiger partial charge in [0.1, 0.15) is 12.1 Å². The Morgan fingerprint density at radius 1 is 1.05 bits per heavy atom. The zero-order chi connectivity index (χ0) is 26.5. The van der Waals surface area contributed by atoms with Crippen LogP contribution in [-0.4, -0.2) is 47.3 Å². The van der Waals surface area contributed by atoms with Crippen molar-refractivity contribution in [2.24, 2.45) is 11.7 Å². The van der Waals surface area contributed by atoms with Crippen LogP contribution in [0, 0.1) is 5.92 Å². The molecule has 0 bridgehead atoms. The number of hydrogen-bond acceptors (Lipinski definition) is 6. The Hall–Kier alpha value is -3.43. The van der Waals surface area contributed by atoms with E-state index in [2.05, 4.69) is 14.7 Å². The minimum Gasteiger partial charge on any atom is -0.491 e. The summed E-state index contributed by atoms with van der Waals surface area (Å²) in [6.45, 7) is 2.54. The molecule has 1 fully saturated rings. The summed E-state index contributed by atoms with van der Waals surface area (Å²) in [5, 5.41) is 0. The topological polar surface area (TPSA) is 90.6 Å². The first kappa shape index (κ1) is 26.6. The Morgan fingerprint density at radius 3 is 2.27 bits per heavy atom. The molecule has 196 valence electrons. The number of hydrogen-bond donors (Lipinski definition) is 1. The molecule has 2 aromatic carbocycles. The molecule has 3 aromatic rings. The van der Waals surface area contributed by atoms with Crippen molar-refractivity contribution in [3.05, 3.63) is 72.8 Å². The largest absolute Gasteiger partial charge is 0.491 e. The van der Waals surface area contributed by atoms with Crippen LogP contribution in [0.25, 0.3) is 11.1 Å². The number of benzene rings is 2. The van der Waals surface area contributed by atoms with E-state index in [-0.39, 0.29) is 30.4 Å². The van der Waals surface area contributed by atoms with Crippen molar-refractivity contribution in [1.29, 1.82) is 0 Å². The molecule has 9 heteroatoms. The van der Waals surface area contributed by atoms with E-state index in [1.807, 2.05) is 62.4 Å². The van der Waals surface area contributed by atoms with Crippen LogP contribution in [0.3, 0.4) is 0 Å². The van der Waals surface area contributed by atoms with Crippen molar-refractivity contribution in [3.63, 3.8) is 0 Å². The van der Waals surface area contributed by atoms with Crippen LogP contribution in [-0.2, 0) is 9.53 Å². The van der Waals surface area contributed by atoms with Crippen LogP contribution >= 0.6 is 0 Å². The van der Waals surface area contributed by atoms with Gasteiger partial charge in [0.2, 0.25) is 5.91 Å². The second-order valence-electron chi connectivity index (χ2n) is 9.54. The lowest BCUT2D eigenvalue weighted by atomic mass is 10.0. The number of nitrogens with zero attached hydrogens (tertiary/aromatic N) is 3. The third-order valence-electron chi connectivity index (χ3n) is 6.41. The molecule has 4 atom stereocenters. The molecular formula is C28H32F2N4O3. The van der Waals surface area contributed by atoms with E-state index in [9.17, 15) is 13.6 Å². The van der Waals surface area contributed by atoms with Crippen molar-refractivity contribution in [2.45, 2.75) is 58.0 Å². The molecule has 0 spiro atoms. The SMILES string of the molecule is CC(C)Oc1ccc(-c2ccc(N(C[C@@H](N)[C@@H](C)OC(F)F)C(=O)[C@@H]3C[C@H]3c3ccncn3)cc2)cc1. The molecule has 37 heavy (non-hydrogen) atoms. The molecule has 1 aliphatic carbocycles. The van der Waals surface area contributed by atoms with Crippen molar-refractivity contribution in [3.8, 4) is 16.9 Å². The molecule has 7 nitrogen and oxygen atoms in total. The first-order chi connectivity index (χ1) is 17.7. The van der Waals surface area contributed by atoms with E-state index < -0.39 is 18.8 Å². The molecule has 1 aliphatic rings. The number of anilines is 1. The quantitative estimate of drug-likeness (QED) is 0.390. The van der Waals surface area contributed by atoms with Crippen LogP contribution in [0.5, 0.6) is 5.75 Å². The predicted molar refractivity (Wildman–Crippen MR) is 137 cm³/mol. The fourth-order valence-corrected chi connectivity index (χ4v) is 4.29. The Labute approximate surface area is 215 Å². The number of aromatic nitrogens is 2. The molecule has 0 unspecified atom stereocenters. The molecule has 1 aromatic heterocycles. The number of ether oxygens (including phenoxy) is 2. The van der Waals surface area contributed by atoms with Gasteiger partial charge < -0.3 is 20.1 Å². The second-order valence-corrected chi connectivity index (χ2v) is 9.54. The monoisotopic (exact) mass is 510 g/mol. The van der Waals surface area contributed by atoms with Crippen LogP contribution < -0.4 is 15.4 Å². The first-order valence-electron chi connectivity index (χ1n) is 12.4. The number of carbonyl (C=O) groups excluding carboxylic acids is 1. The van der Waals surface area contributed by atoms with E-state index in [4.69, 9.17) is 10.5 Å². The van der Waals surface area contributed by atoms with Gasteiger partial charge in [-0.1, -0.05) is 24.3 Å². The minimum atomic E-state index is -2.94. The summed E-state index contributed by atoms with van der Waals surface area (Å²) < 4.78 is 35.8. The van der Waals surface area contributed by atoms with Crippen LogP contribution in [0.4, 0.5) is 14.5 Å². The summed E-state index contributed by atoms with van der Waals surface area (Å²) in [5.41, 5.74) is 9.62. The molecule has 1 saturated carbocycles. The first-order valence-corrected chi connectivity index (χ1v) is 12.4. The van der Waals surface area contributed by atoms with Crippen LogP contribution in [0.2, 0.25) is 0 Å². The van der Waals surface area contributed by atoms with Gasteiger partial charge in [-0.15, -0.1) is 0 Å². The summed E-state index contributed by atoms with van der Waals surface area (Å²) in [4.78, 5) is 23.4. The molecule has 4 rings (SSSR count). The fraction of sp³-hybridized carbons (Fsp3) is 0.393. The highest BCUT2D eigenvalue weighted by atomic mass is 19.3. The van der Waals surface area contributed by atoms with Gasteiger partial charge in [-0.25, -0.2) is 9.97 Å². The van der Waals surface area contributed by atoms with E-state index in [1.165, 1.54) is 13.3 Å². The number of nitrogens with two attached hydrogens (primary N) is 1. The number of amides is 1. The molecule has 0 saturated heterocycles. The van der Waals surface area contributed by atoms with Crippen molar-refractivity contribution in [1.82, 2.24) is 9.97 Å². The number of rotatable bonds is 11. The maximum Gasteiger partial charge on any atom is 0.345 e. The average Bonchev–Trinajstić information content (AvgIpc) is 3.68. The number of halogens is 2. The zero-order valence-electron chi connectivity index (χ0n) is 21.1. The third kappa shape index (κ3) is 6.87. The summed E-state index contributed by atoms with van der Waals surface area (Å²) >= 11 is 0. The van der Waals surface area contributed by atoms with Gasteiger partial charge >= 0.3 is 6.61 Å². The van der Waals surface area contributed by atoms with Crippen molar-refractivity contribution in [2.75, 3.05) is 11.4 Å². The Balaban J connectivity index is 1.53. The van der Waals surface area contributed by atoms with E-state index in [0.717, 1.165) is 22.6 Å². The predicted octanol–water partition coefficient (Wildman–Crippen LogP) is 5.02. The standard InChI is InChI=1S/C28H32F2N4O3/c1-17(2)36-22-10-6-20(7-11-22)19-4-8-21(9-5-19)34(15-25(31)18(3)37-28(29)30)27(35)24-14-23(24)26-12-13-32-16-33-26/h4-13,16-18,23-25,28H,14-15,31H2,1-3H3/t18-,23-,24-,25-/m1/s1. The number of alkyl halides is 2. The minimum absolute atomic E-state index is 0.00481. The lowest BCUT2D eigenvalue weighted by Crippen LogP contribution is -2.48. The van der Waals surface area contributed by atoms with Gasteiger partial charge in [-0.05, 0) is 68.7 Å². The second kappa shape index (κ2) is 11.7. The lowest BCUT2D eigenvalue weighted by Gasteiger charge is -2.29. The van der Waals surface area contributed by atoms with Gasteiger partial charge in [-0.3, -0.25) is 4.79 Å². The van der Waals surface area contributed by atoms with Crippen molar-refractivity contribution < 1.29 is 23.0 Å². The van der Waals surface area contributed by atoms with Crippen LogP contribution in [0.15, 0.2) is 67.1 Å². The molecule has 0 radical (unpaired) electrons. The normalized spacial score (nSPS) is 18.5. The third-order valence-corrected chi connectivity index (χ3v) is 6.41. The highest BCUT2D eigenvalue weighted by molar-refractivity contribution is 5.97. The van der Waals surface area contributed by atoms with E-state index in [0.29, 0.717) is 12.1 Å². The molecule has 1 amide bonds. The zero-order valence-corrected chi connectivity index (χ0v) is 21.1. The van der Waals surface area contributed by atoms with Gasteiger partial charge in [0.05, 0.1) is 12.2 Å². The van der Waals surface area contributed by atoms with Gasteiger partial charge in [0, 0.05) is 42.0 Å². The molecule has 2 N–H and O–H groups in total. The van der Waals surface area contributed by atoms with E-state index >= 15 is 0 Å². The highest BCUT2D eigenvalue weighted by Gasteiger charge is 2.47. The van der Waals surface area contributed by atoms with Crippen molar-refractivity contribution >= 4 is 11.6 Å². The maximum absolute atomic E-state index is 13.6. The van der Waals surface area contributed by atoms with Crippen LogP contribution in [0.1, 0.15) is 38.8 Å². The smallest absolute Gasteiger partial charge is 0.345 e. The van der Waals surface area contributed by atoms with Gasteiger partial charge in [0.25, 0.3) is 0 Å². The Kier molecular flexibility index (Phi) is 8.45. The average molecular weight is 511 g/mol. The summed E-state index contributed by atoms with van der Waals surface area (Å²) in [7, 11) is 0. The molecule has 1 heterocycles. The fourth-order valence-electron chi connectivity index (χ4n) is 4.29. The Bertz CT molecular complexity index is 1160. The highest BCUT2D eigenvalue weighted by Crippen LogP contribution is 2.48. The maximum atomic E-state index is 13.6. The molecule has 0 aliphatic heterocycles. The van der Waals surface area contributed by atoms with Gasteiger partial charge in [0.15, 0.2) is 0 Å². The molecular weight excluding hydrogens is 478 g/mol. The van der Waals surface area contributed by atoms with Gasteiger partial charge in [-0.2, -0.15) is 8.78 Å². The lowest BCUT2D eigenvalue weighted by molar-refractivity contribution is -0.162. The summed E-state index contributed by atoms with van der Waals surface area (Å²) in [6.07, 6.45) is 2.94. The van der Waals surface area contributed by atoms with E-state index in [1.54, 1.807) is 17.2 Å². The summed E-state index contributed by atoms with van der Waals surface area (Å²) in [5.74, 6) is 0.409. The Morgan fingerprint density at radius 2 is 1.70 bits per heavy atom. The number of carbonyl (C=O) groups is 1.